The van der Waals surface area contributed by atoms with Crippen LogP contribution in [-0.4, -0.2) is 66.0 Å². The molecule has 36 heavy (non-hydrogen) atoms. The number of aromatic nitrogens is 5. The van der Waals surface area contributed by atoms with Crippen LogP contribution in [0.2, 0.25) is 0 Å². The highest BCUT2D eigenvalue weighted by molar-refractivity contribution is 7.82. The molecule has 0 saturated carbocycles. The van der Waals surface area contributed by atoms with E-state index < -0.39 is 11.0 Å². The van der Waals surface area contributed by atoms with E-state index in [1.54, 1.807) is 35.1 Å². The van der Waals surface area contributed by atoms with E-state index in [-0.39, 0.29) is 10.8 Å². The summed E-state index contributed by atoms with van der Waals surface area (Å²) in [6.07, 6.45) is 1.55. The van der Waals surface area contributed by atoms with Crippen molar-refractivity contribution in [3.05, 3.63) is 52.3 Å². The Bertz CT molecular complexity index is 1610. The Morgan fingerprint density at radius 1 is 1.03 bits per heavy atom. The molecule has 4 aromatic heterocycles. The summed E-state index contributed by atoms with van der Waals surface area (Å²) < 4.78 is 20.6. The molecule has 4 N–H and O–H groups in total. The van der Waals surface area contributed by atoms with Gasteiger partial charge in [0.2, 0.25) is 11.8 Å². The number of hydrogen-bond donors (Lipinski definition) is 2. The van der Waals surface area contributed by atoms with Gasteiger partial charge in [0.1, 0.15) is 15.7 Å². The zero-order valence-corrected chi connectivity index (χ0v) is 20.7. The Kier molecular flexibility index (Phi) is 5.79. The van der Waals surface area contributed by atoms with Gasteiger partial charge in [-0.2, -0.15) is 9.50 Å². The van der Waals surface area contributed by atoms with Crippen molar-refractivity contribution < 1.29 is 8.63 Å². The van der Waals surface area contributed by atoms with Gasteiger partial charge in [-0.3, -0.25) is 14.3 Å². The number of thiazole rings is 1. The molecule has 0 radical (unpaired) electrons. The molecule has 1 aliphatic rings. The molecule has 1 aromatic carbocycles. The molecule has 1 aliphatic heterocycles. The lowest BCUT2D eigenvalue weighted by Crippen LogP contribution is -2.47. The van der Waals surface area contributed by atoms with Gasteiger partial charge in [0.05, 0.1) is 11.2 Å². The molecular formula is C22H23N9O3S2. The molecule has 1 saturated heterocycles. The fraction of sp³-hybridized carbons (Fsp3) is 0.273. The molecule has 12 nitrogen and oxygen atoms in total. The van der Waals surface area contributed by atoms with Gasteiger partial charge in [-0.05, 0) is 36.4 Å². The quantitative estimate of drug-likeness (QED) is 0.332. The molecule has 0 spiro atoms. The standard InChI is InChI=1S/C22H23N9O3S2/c23-21-26-19-17(20-25-18(27-31(20)21)16-2-1-13-34-16)35-22(32)30(19)12-9-28-7-10-29(11-8-28)14-3-5-15(6-4-14)36(24)33/h1-6,13H,7-12,24H2,(H2,23,26). The number of hydrogen-bond acceptors (Lipinski definition) is 10. The van der Waals surface area contributed by atoms with Gasteiger partial charge in [0.25, 0.3) is 0 Å². The molecule has 1 fully saturated rings. The van der Waals surface area contributed by atoms with Crippen LogP contribution in [0.4, 0.5) is 11.6 Å². The predicted octanol–water partition coefficient (Wildman–Crippen LogP) is 1.15. The third kappa shape index (κ3) is 4.07. The summed E-state index contributed by atoms with van der Waals surface area (Å²) in [7, 11) is -1.47. The number of rotatable bonds is 6. The lowest BCUT2D eigenvalue weighted by atomic mass is 10.2. The van der Waals surface area contributed by atoms with Crippen molar-refractivity contribution in [1.82, 2.24) is 29.0 Å². The van der Waals surface area contributed by atoms with Gasteiger partial charge < -0.3 is 15.1 Å². The fourth-order valence-corrected chi connectivity index (χ4v) is 5.74. The van der Waals surface area contributed by atoms with Crippen LogP contribution >= 0.6 is 11.3 Å². The van der Waals surface area contributed by atoms with Crippen LogP contribution in [0.1, 0.15) is 0 Å². The normalized spacial score (nSPS) is 15.8. The van der Waals surface area contributed by atoms with Gasteiger partial charge in [0.15, 0.2) is 17.1 Å². The number of piperazine rings is 1. The van der Waals surface area contributed by atoms with E-state index >= 15 is 0 Å². The molecule has 1 unspecified atom stereocenters. The third-order valence-electron chi connectivity index (χ3n) is 6.30. The smallest absolute Gasteiger partial charge is 0.309 e. The van der Waals surface area contributed by atoms with Crippen LogP contribution in [-0.2, 0) is 17.5 Å². The molecule has 5 aromatic rings. The first-order valence-electron chi connectivity index (χ1n) is 11.3. The van der Waals surface area contributed by atoms with Crippen molar-refractivity contribution in [2.45, 2.75) is 11.4 Å². The number of anilines is 2. The first-order chi connectivity index (χ1) is 17.5. The van der Waals surface area contributed by atoms with Crippen LogP contribution in [0, 0.1) is 0 Å². The summed E-state index contributed by atoms with van der Waals surface area (Å²) >= 11 is 1.09. The van der Waals surface area contributed by atoms with E-state index in [0.717, 1.165) is 43.2 Å². The van der Waals surface area contributed by atoms with Crippen LogP contribution in [0.5, 0.6) is 0 Å². The Balaban J connectivity index is 1.17. The van der Waals surface area contributed by atoms with Crippen molar-refractivity contribution in [2.24, 2.45) is 5.14 Å². The summed E-state index contributed by atoms with van der Waals surface area (Å²) in [4.78, 5) is 27.0. The number of nitrogen functional groups attached to an aromatic ring is 1. The summed E-state index contributed by atoms with van der Waals surface area (Å²) in [5, 5.41) is 9.84. The summed E-state index contributed by atoms with van der Waals surface area (Å²) in [5.74, 6) is 1.06. The highest BCUT2D eigenvalue weighted by Gasteiger charge is 2.21. The molecule has 186 valence electrons. The monoisotopic (exact) mass is 525 g/mol. The minimum atomic E-state index is -1.47. The Morgan fingerprint density at radius 2 is 1.81 bits per heavy atom. The van der Waals surface area contributed by atoms with Crippen LogP contribution in [0.25, 0.3) is 27.6 Å². The largest absolute Gasteiger partial charge is 0.461 e. The van der Waals surface area contributed by atoms with E-state index in [1.165, 1.54) is 4.52 Å². The molecule has 0 aliphatic carbocycles. The fourth-order valence-electron chi connectivity index (χ4n) is 4.40. The molecule has 0 amide bonds. The van der Waals surface area contributed by atoms with E-state index in [4.69, 9.17) is 15.3 Å². The number of nitrogens with zero attached hydrogens (tertiary/aromatic N) is 7. The molecule has 14 heteroatoms. The average molecular weight is 526 g/mol. The molecular weight excluding hydrogens is 502 g/mol. The second-order valence-corrected chi connectivity index (χ2v) is 10.4. The molecule has 5 heterocycles. The van der Waals surface area contributed by atoms with E-state index in [0.29, 0.717) is 45.6 Å². The molecule has 1 atom stereocenters. The second kappa shape index (κ2) is 9.13. The van der Waals surface area contributed by atoms with Crippen LogP contribution in [0.3, 0.4) is 0 Å². The van der Waals surface area contributed by atoms with E-state index in [9.17, 15) is 9.00 Å². The van der Waals surface area contributed by atoms with Gasteiger partial charge in [-0.15, -0.1) is 5.10 Å². The lowest BCUT2D eigenvalue weighted by Gasteiger charge is -2.36. The number of furan rings is 1. The van der Waals surface area contributed by atoms with Crippen molar-refractivity contribution in [3.8, 4) is 11.6 Å². The predicted molar refractivity (Wildman–Crippen MR) is 138 cm³/mol. The van der Waals surface area contributed by atoms with Gasteiger partial charge in [-0.1, -0.05) is 11.3 Å². The first kappa shape index (κ1) is 22.8. The van der Waals surface area contributed by atoms with Crippen LogP contribution < -0.4 is 20.6 Å². The minimum absolute atomic E-state index is 0.108. The SMILES string of the molecule is Nc1nc2c(sc(=O)n2CCN2CCN(c3ccc(S(N)=O)cc3)CC2)c2nc(-c3ccco3)nn12. The topological polar surface area (TPSA) is 154 Å². The van der Waals surface area contributed by atoms with E-state index in [2.05, 4.69) is 24.9 Å². The summed E-state index contributed by atoms with van der Waals surface area (Å²) in [6.45, 7) is 4.63. The van der Waals surface area contributed by atoms with Gasteiger partial charge in [0, 0.05) is 45.0 Å². The lowest BCUT2D eigenvalue weighted by molar-refractivity contribution is 0.248. The molecule has 6 rings (SSSR count). The second-order valence-electron chi connectivity index (χ2n) is 8.41. The zero-order valence-electron chi connectivity index (χ0n) is 19.1. The number of fused-ring (bicyclic) bond motifs is 3. The Morgan fingerprint density at radius 3 is 2.50 bits per heavy atom. The van der Waals surface area contributed by atoms with Crippen LogP contribution in [0.15, 0.2) is 56.8 Å². The third-order valence-corrected chi connectivity index (χ3v) is 8.01. The highest BCUT2D eigenvalue weighted by atomic mass is 32.2. The Hall–Kier alpha value is -3.59. The first-order valence-corrected chi connectivity index (χ1v) is 13.3. The number of nitrogens with two attached hydrogens (primary N) is 2. The Labute approximate surface area is 211 Å². The highest BCUT2D eigenvalue weighted by Crippen LogP contribution is 2.25. The maximum atomic E-state index is 12.9. The maximum Gasteiger partial charge on any atom is 0.309 e. The van der Waals surface area contributed by atoms with Crippen molar-refractivity contribution in [2.75, 3.05) is 43.4 Å². The van der Waals surface area contributed by atoms with Crippen molar-refractivity contribution in [3.63, 3.8) is 0 Å². The minimum Gasteiger partial charge on any atom is -0.461 e. The van der Waals surface area contributed by atoms with E-state index in [1.807, 2.05) is 12.1 Å². The molecule has 0 bridgehead atoms. The van der Waals surface area contributed by atoms with Crippen molar-refractivity contribution in [1.29, 1.82) is 0 Å². The summed E-state index contributed by atoms with van der Waals surface area (Å²) in [6, 6.07) is 11.0. The average Bonchev–Trinajstić information content (AvgIpc) is 3.63. The van der Waals surface area contributed by atoms with Gasteiger partial charge >= 0.3 is 4.87 Å². The summed E-state index contributed by atoms with van der Waals surface area (Å²) in [5.41, 5.74) is 8.26. The number of benzene rings is 1. The van der Waals surface area contributed by atoms with Gasteiger partial charge in [-0.25, -0.2) is 14.3 Å². The van der Waals surface area contributed by atoms with Crippen molar-refractivity contribution >= 4 is 50.0 Å². The maximum absolute atomic E-state index is 12.9. The zero-order chi connectivity index (χ0) is 24.8.